The smallest absolute Gasteiger partial charge is 0.134 e. The average Bonchev–Trinajstić information content (AvgIpc) is 3.20. The highest BCUT2D eigenvalue weighted by Gasteiger charge is 2.19. The van der Waals surface area contributed by atoms with E-state index in [1.54, 1.807) is 7.11 Å². The molecule has 0 N–H and O–H groups in total. The van der Waals surface area contributed by atoms with Crippen molar-refractivity contribution in [2.75, 3.05) is 44.7 Å². The van der Waals surface area contributed by atoms with Crippen LogP contribution in [-0.4, -0.2) is 49.7 Å². The van der Waals surface area contributed by atoms with Gasteiger partial charge in [-0.25, -0.2) is 0 Å². The van der Waals surface area contributed by atoms with E-state index >= 15 is 0 Å². The van der Waals surface area contributed by atoms with Crippen LogP contribution in [0, 0.1) is 0 Å². The molecule has 0 amide bonds. The van der Waals surface area contributed by atoms with Crippen LogP contribution in [0.1, 0.15) is 5.56 Å². The van der Waals surface area contributed by atoms with Crippen LogP contribution in [0.3, 0.4) is 0 Å². The largest absolute Gasteiger partial charge is 0.497 e. The number of ether oxygens (including phenoxy) is 1. The summed E-state index contributed by atoms with van der Waals surface area (Å²) in [4.78, 5) is 9.61. The van der Waals surface area contributed by atoms with Crippen molar-refractivity contribution in [3.63, 3.8) is 0 Å². The van der Waals surface area contributed by atoms with Gasteiger partial charge in [0.15, 0.2) is 0 Å². The number of piperazine rings is 1. The second kappa shape index (κ2) is 7.76. The second-order valence-corrected chi connectivity index (χ2v) is 7.55. The lowest BCUT2D eigenvalue weighted by Crippen LogP contribution is -2.47. The van der Waals surface area contributed by atoms with Crippen molar-refractivity contribution in [2.45, 2.75) is 6.42 Å². The first-order valence-corrected chi connectivity index (χ1v) is 10.2. The van der Waals surface area contributed by atoms with Crippen LogP contribution in [-0.2, 0) is 6.42 Å². The fourth-order valence-electron chi connectivity index (χ4n) is 4.22. The third-order valence-corrected chi connectivity index (χ3v) is 5.88. The number of methoxy groups -OCH3 is 1. The molecule has 148 valence electrons. The van der Waals surface area contributed by atoms with E-state index in [9.17, 15) is 0 Å². The maximum atomic E-state index is 5.71. The number of rotatable bonds is 5. The zero-order valence-electron chi connectivity index (χ0n) is 16.7. The quantitative estimate of drug-likeness (QED) is 0.509. The molecule has 2 aromatic heterocycles. The summed E-state index contributed by atoms with van der Waals surface area (Å²) >= 11 is 0. The molecule has 1 aliphatic heterocycles. The van der Waals surface area contributed by atoms with Crippen LogP contribution >= 0.6 is 0 Å². The van der Waals surface area contributed by atoms with E-state index in [4.69, 9.17) is 9.15 Å². The number of hydrogen-bond acceptors (Lipinski definition) is 5. The summed E-state index contributed by atoms with van der Waals surface area (Å²) in [6, 6.07) is 16.6. The molecule has 29 heavy (non-hydrogen) atoms. The molecule has 1 saturated heterocycles. The minimum atomic E-state index is 0.873. The first-order chi connectivity index (χ1) is 14.3. The van der Waals surface area contributed by atoms with Crippen LogP contribution in [0.5, 0.6) is 5.75 Å². The molecule has 0 bridgehead atoms. The molecule has 0 unspecified atom stereocenters. The van der Waals surface area contributed by atoms with Crippen LogP contribution in [0.4, 0.5) is 5.69 Å². The highest BCUT2D eigenvalue weighted by molar-refractivity contribution is 5.90. The Hall–Kier alpha value is -3.05. The third kappa shape index (κ3) is 3.54. The van der Waals surface area contributed by atoms with E-state index in [2.05, 4.69) is 45.1 Å². The fourth-order valence-corrected chi connectivity index (χ4v) is 4.22. The lowest BCUT2D eigenvalue weighted by molar-refractivity contribution is 0.261. The van der Waals surface area contributed by atoms with Gasteiger partial charge in [-0.15, -0.1) is 0 Å². The topological polar surface area (TPSA) is 41.7 Å². The van der Waals surface area contributed by atoms with Gasteiger partial charge < -0.3 is 14.1 Å². The Bertz CT molecular complexity index is 1120. The molecule has 3 heterocycles. The van der Waals surface area contributed by atoms with E-state index in [0.29, 0.717) is 0 Å². The summed E-state index contributed by atoms with van der Waals surface area (Å²) in [5, 5.41) is 2.36. The molecule has 1 fully saturated rings. The monoisotopic (exact) mass is 387 g/mol. The molecule has 2 aromatic carbocycles. The summed E-state index contributed by atoms with van der Waals surface area (Å²) in [5.74, 6) is 0.873. The highest BCUT2D eigenvalue weighted by atomic mass is 16.5. The zero-order chi connectivity index (χ0) is 19.6. The first-order valence-electron chi connectivity index (χ1n) is 10.2. The van der Waals surface area contributed by atoms with Gasteiger partial charge in [-0.3, -0.25) is 9.88 Å². The molecular formula is C24H25N3O2. The number of hydrogen-bond donors (Lipinski definition) is 0. The maximum Gasteiger partial charge on any atom is 0.134 e. The number of anilines is 1. The Kier molecular flexibility index (Phi) is 4.82. The van der Waals surface area contributed by atoms with Crippen LogP contribution < -0.4 is 9.64 Å². The second-order valence-electron chi connectivity index (χ2n) is 7.55. The maximum absolute atomic E-state index is 5.71. The molecule has 5 rings (SSSR count). The van der Waals surface area contributed by atoms with Gasteiger partial charge >= 0.3 is 0 Å². The molecule has 1 aliphatic rings. The first kappa shape index (κ1) is 18.0. The van der Waals surface area contributed by atoms with E-state index < -0.39 is 0 Å². The molecule has 5 nitrogen and oxygen atoms in total. The van der Waals surface area contributed by atoms with Gasteiger partial charge in [-0.1, -0.05) is 18.2 Å². The summed E-state index contributed by atoms with van der Waals surface area (Å²) in [7, 11) is 1.70. The van der Waals surface area contributed by atoms with Gasteiger partial charge in [0.2, 0.25) is 0 Å². The van der Waals surface area contributed by atoms with E-state index in [1.807, 2.05) is 30.7 Å². The number of furan rings is 1. The Morgan fingerprint density at radius 1 is 1.03 bits per heavy atom. The normalized spacial score (nSPS) is 15.3. The fraction of sp³-hybridized carbons (Fsp3) is 0.292. The Morgan fingerprint density at radius 2 is 1.90 bits per heavy atom. The standard InChI is InChI=1S/C24H25N3O2/c1-28-20-7-8-23-21(16-20)19(17-29-23)9-11-26-12-14-27(15-13-26)22-6-2-4-18-5-3-10-25-24(18)22/h2-8,10,16-17H,9,11-15H2,1H3. The summed E-state index contributed by atoms with van der Waals surface area (Å²) in [6.45, 7) is 5.20. The van der Waals surface area contributed by atoms with Gasteiger partial charge in [0.05, 0.1) is 24.6 Å². The number of nitrogens with zero attached hydrogens (tertiary/aromatic N) is 3. The SMILES string of the molecule is COc1ccc2occ(CCN3CCN(c4cccc5cccnc45)CC3)c2c1. The van der Waals surface area contributed by atoms with E-state index in [1.165, 1.54) is 16.6 Å². The minimum absolute atomic E-state index is 0.873. The lowest BCUT2D eigenvalue weighted by Gasteiger charge is -2.36. The molecule has 0 spiro atoms. The van der Waals surface area contributed by atoms with Gasteiger partial charge in [-0.05, 0) is 42.3 Å². The Morgan fingerprint density at radius 3 is 2.76 bits per heavy atom. The van der Waals surface area contributed by atoms with Gasteiger partial charge in [0.25, 0.3) is 0 Å². The Labute approximate surface area is 170 Å². The summed E-state index contributed by atoms with van der Waals surface area (Å²) < 4.78 is 11.1. The molecule has 0 atom stereocenters. The molecule has 0 saturated carbocycles. The summed E-state index contributed by atoms with van der Waals surface area (Å²) in [6.07, 6.45) is 4.75. The third-order valence-electron chi connectivity index (χ3n) is 5.88. The van der Waals surface area contributed by atoms with E-state index in [-0.39, 0.29) is 0 Å². The predicted octanol–water partition coefficient (Wildman–Crippen LogP) is 4.35. The number of para-hydroxylation sites is 1. The van der Waals surface area contributed by atoms with Crippen molar-refractivity contribution in [3.8, 4) is 5.75 Å². The lowest BCUT2D eigenvalue weighted by atomic mass is 10.1. The highest BCUT2D eigenvalue weighted by Crippen LogP contribution is 2.27. The number of fused-ring (bicyclic) bond motifs is 2. The average molecular weight is 387 g/mol. The minimum Gasteiger partial charge on any atom is -0.497 e. The van der Waals surface area contributed by atoms with Crippen molar-refractivity contribution in [1.82, 2.24) is 9.88 Å². The molecule has 5 heteroatoms. The van der Waals surface area contributed by atoms with Gasteiger partial charge in [0, 0.05) is 49.7 Å². The number of aromatic nitrogens is 1. The van der Waals surface area contributed by atoms with Gasteiger partial charge in [-0.2, -0.15) is 0 Å². The van der Waals surface area contributed by atoms with Crippen LogP contribution in [0.15, 0.2) is 65.4 Å². The van der Waals surface area contributed by atoms with Crippen LogP contribution in [0.2, 0.25) is 0 Å². The van der Waals surface area contributed by atoms with Crippen molar-refractivity contribution in [2.24, 2.45) is 0 Å². The van der Waals surface area contributed by atoms with Crippen molar-refractivity contribution in [3.05, 3.63) is 66.6 Å². The van der Waals surface area contributed by atoms with Crippen molar-refractivity contribution < 1.29 is 9.15 Å². The number of benzene rings is 2. The van der Waals surface area contributed by atoms with Crippen LogP contribution in [0.25, 0.3) is 21.9 Å². The molecule has 4 aromatic rings. The van der Waals surface area contributed by atoms with E-state index in [0.717, 1.165) is 61.4 Å². The zero-order valence-corrected chi connectivity index (χ0v) is 16.7. The molecule has 0 aliphatic carbocycles. The number of pyridine rings is 1. The van der Waals surface area contributed by atoms with Crippen molar-refractivity contribution in [1.29, 1.82) is 0 Å². The van der Waals surface area contributed by atoms with Gasteiger partial charge in [0.1, 0.15) is 11.3 Å². The summed E-state index contributed by atoms with van der Waals surface area (Å²) in [5.41, 5.74) is 4.52. The predicted molar refractivity (Wildman–Crippen MR) is 117 cm³/mol. The Balaban J connectivity index is 1.24. The molecular weight excluding hydrogens is 362 g/mol. The molecule has 0 radical (unpaired) electrons. The van der Waals surface area contributed by atoms with Crippen molar-refractivity contribution >= 4 is 27.6 Å².